The van der Waals surface area contributed by atoms with Crippen molar-refractivity contribution in [3.8, 4) is 23.5 Å². The maximum atomic E-state index is 5.06. The first-order valence-electron chi connectivity index (χ1n) is 11.5. The Balaban J connectivity index is 0.000000534. The van der Waals surface area contributed by atoms with E-state index in [1.807, 2.05) is 20.8 Å². The molecule has 1 aliphatic rings. The molecule has 0 N–H and O–H groups in total. The third-order valence-electron chi connectivity index (χ3n) is 6.11. The molecule has 3 rings (SSSR count). The van der Waals surface area contributed by atoms with Crippen LogP contribution in [0.2, 0.25) is 0 Å². The predicted molar refractivity (Wildman–Crippen MR) is 143 cm³/mol. The second-order valence-corrected chi connectivity index (χ2v) is 10.5. The van der Waals surface area contributed by atoms with Gasteiger partial charge in [-0.05, 0) is 95.0 Å². The van der Waals surface area contributed by atoms with Crippen molar-refractivity contribution in [1.29, 1.82) is 0 Å². The molecular formula is C32H40. The van der Waals surface area contributed by atoms with Crippen molar-refractivity contribution in [2.24, 2.45) is 11.3 Å². The van der Waals surface area contributed by atoms with Gasteiger partial charge in [-0.15, -0.1) is 18.9 Å². The number of hydrogen-bond donors (Lipinski definition) is 0. The second kappa shape index (κ2) is 10.2. The van der Waals surface area contributed by atoms with E-state index in [1.165, 1.54) is 50.1 Å². The van der Waals surface area contributed by atoms with Gasteiger partial charge in [-0.2, -0.15) is 0 Å². The summed E-state index contributed by atoms with van der Waals surface area (Å²) >= 11 is 0. The Morgan fingerprint density at radius 2 is 1.50 bits per heavy atom. The molecule has 0 bridgehead atoms. The molecule has 0 amide bonds. The van der Waals surface area contributed by atoms with Crippen LogP contribution in [-0.2, 0) is 0 Å². The minimum absolute atomic E-state index is 0.0694. The molecule has 0 nitrogen and oxygen atoms in total. The van der Waals surface area contributed by atoms with Gasteiger partial charge < -0.3 is 0 Å². The van der Waals surface area contributed by atoms with Crippen LogP contribution in [0, 0.1) is 44.4 Å². The van der Waals surface area contributed by atoms with Crippen molar-refractivity contribution in [3.05, 3.63) is 95.1 Å². The van der Waals surface area contributed by atoms with Gasteiger partial charge in [-0.3, -0.25) is 0 Å². The molecule has 1 aliphatic carbocycles. The van der Waals surface area contributed by atoms with Gasteiger partial charge in [0.25, 0.3) is 0 Å². The molecule has 2 unspecified atom stereocenters. The molecule has 0 radical (unpaired) electrons. The first-order valence-corrected chi connectivity index (χ1v) is 11.5. The summed E-state index contributed by atoms with van der Waals surface area (Å²) in [4.78, 5) is 0. The summed E-state index contributed by atoms with van der Waals surface area (Å²) in [6.45, 7) is 27.7. The van der Waals surface area contributed by atoms with E-state index in [1.54, 1.807) is 0 Å². The van der Waals surface area contributed by atoms with E-state index < -0.39 is 0 Å². The maximum absolute atomic E-state index is 5.06. The molecule has 2 aromatic rings. The van der Waals surface area contributed by atoms with Crippen LogP contribution in [0.25, 0.3) is 11.1 Å². The fourth-order valence-corrected chi connectivity index (χ4v) is 4.42. The topological polar surface area (TPSA) is 0 Å². The van der Waals surface area contributed by atoms with Gasteiger partial charge in [0.1, 0.15) is 0 Å². The first-order chi connectivity index (χ1) is 14.8. The van der Waals surface area contributed by atoms with E-state index in [4.69, 9.17) is 6.42 Å². The third-order valence-corrected chi connectivity index (χ3v) is 6.11. The van der Waals surface area contributed by atoms with Crippen molar-refractivity contribution in [1.82, 2.24) is 0 Å². The second-order valence-electron chi connectivity index (χ2n) is 10.5. The Morgan fingerprint density at radius 1 is 1.00 bits per heavy atom. The number of rotatable bonds is 4. The molecule has 0 spiro atoms. The Hall–Kier alpha value is -2.78. The molecule has 0 saturated heterocycles. The maximum Gasteiger partial charge on any atom is 0.0260 e. The Labute approximate surface area is 197 Å². The van der Waals surface area contributed by atoms with E-state index in [9.17, 15) is 0 Å². The lowest BCUT2D eigenvalue weighted by atomic mass is 9.82. The van der Waals surface area contributed by atoms with Crippen molar-refractivity contribution in [2.45, 2.75) is 67.2 Å². The minimum atomic E-state index is 0.0694. The zero-order valence-electron chi connectivity index (χ0n) is 21.2. The molecule has 2 aromatic carbocycles. The molecule has 0 aromatic heterocycles. The quantitative estimate of drug-likeness (QED) is 0.339. The number of terminal acetylenes is 1. The van der Waals surface area contributed by atoms with E-state index in [0.717, 1.165) is 12.8 Å². The number of allylic oxidation sites excluding steroid dienone is 3. The molecule has 1 saturated carbocycles. The van der Waals surface area contributed by atoms with Crippen molar-refractivity contribution >= 4 is 0 Å². The smallest absolute Gasteiger partial charge is 0.0260 e. The largest absolute Gasteiger partial charge is 0.120 e. The van der Waals surface area contributed by atoms with Gasteiger partial charge in [-0.1, -0.05) is 71.8 Å². The van der Waals surface area contributed by atoms with Crippen LogP contribution < -0.4 is 0 Å². The van der Waals surface area contributed by atoms with Gasteiger partial charge in [0.05, 0.1) is 0 Å². The fourth-order valence-electron chi connectivity index (χ4n) is 4.42. The lowest BCUT2D eigenvalue weighted by molar-refractivity contribution is 0.571. The highest BCUT2D eigenvalue weighted by atomic mass is 14.4. The normalized spacial score (nSPS) is 18.1. The summed E-state index contributed by atoms with van der Waals surface area (Å²) in [5.74, 6) is 3.37. The summed E-state index contributed by atoms with van der Waals surface area (Å²) in [6.07, 6.45) is 7.11. The molecule has 32 heavy (non-hydrogen) atoms. The summed E-state index contributed by atoms with van der Waals surface area (Å²) in [5, 5.41) is 0. The zero-order chi connectivity index (χ0) is 24.2. The third kappa shape index (κ3) is 6.37. The van der Waals surface area contributed by atoms with Crippen LogP contribution >= 0.6 is 0 Å². The molecule has 2 atom stereocenters. The zero-order valence-corrected chi connectivity index (χ0v) is 21.2. The van der Waals surface area contributed by atoms with Crippen LogP contribution in [0.4, 0.5) is 0 Å². The molecular weight excluding hydrogens is 384 g/mol. The minimum Gasteiger partial charge on any atom is -0.120 e. The predicted octanol–water partition coefficient (Wildman–Crippen LogP) is 9.13. The highest BCUT2D eigenvalue weighted by Gasteiger charge is 2.34. The highest BCUT2D eigenvalue weighted by Crippen LogP contribution is 2.49. The Bertz CT molecular complexity index is 1020. The molecule has 0 heterocycles. The molecule has 168 valence electrons. The summed E-state index contributed by atoms with van der Waals surface area (Å²) < 4.78 is 0. The first kappa shape index (κ1) is 25.5. The van der Waals surface area contributed by atoms with Crippen molar-refractivity contribution in [2.75, 3.05) is 0 Å². The van der Waals surface area contributed by atoms with Gasteiger partial charge in [0.15, 0.2) is 0 Å². The van der Waals surface area contributed by atoms with Crippen LogP contribution in [0.15, 0.2) is 72.9 Å². The van der Waals surface area contributed by atoms with E-state index >= 15 is 0 Å². The van der Waals surface area contributed by atoms with E-state index in [-0.39, 0.29) is 11.3 Å². The SMILES string of the molecule is C#CC(C)(C)C.C=C(C)CC1CC(=C)C(c2c(C)cc(-c3ccc(C)cc3)cc2C)C1=C. The van der Waals surface area contributed by atoms with Gasteiger partial charge in [0.2, 0.25) is 0 Å². The van der Waals surface area contributed by atoms with Gasteiger partial charge in [-0.25, -0.2) is 0 Å². The van der Waals surface area contributed by atoms with Crippen molar-refractivity contribution in [3.63, 3.8) is 0 Å². The molecule has 0 heteroatoms. The van der Waals surface area contributed by atoms with Gasteiger partial charge in [0, 0.05) is 11.3 Å². The lowest BCUT2D eigenvalue weighted by Gasteiger charge is -2.22. The monoisotopic (exact) mass is 424 g/mol. The summed E-state index contributed by atoms with van der Waals surface area (Å²) in [7, 11) is 0. The van der Waals surface area contributed by atoms with Crippen LogP contribution in [0.3, 0.4) is 0 Å². The summed E-state index contributed by atoms with van der Waals surface area (Å²) in [5.41, 5.74) is 11.8. The Kier molecular flexibility index (Phi) is 8.14. The fraction of sp³-hybridized carbons (Fsp3) is 0.375. The van der Waals surface area contributed by atoms with Crippen LogP contribution in [0.1, 0.15) is 68.7 Å². The van der Waals surface area contributed by atoms with Crippen LogP contribution in [0.5, 0.6) is 0 Å². The number of benzene rings is 2. The van der Waals surface area contributed by atoms with Crippen molar-refractivity contribution < 1.29 is 0 Å². The standard InChI is InChI=1S/C26H30.C6H10/c1-16(2)12-23-13-20(6)26(21(23)7)25-18(4)14-24(15-19(25)5)22-10-8-17(3)9-11-22;1-5-6(2,3)4/h8-11,14-15,23,26H,1,6-7,12-13H2,2-5H3;1H,2-4H3. The number of hydrogen-bond acceptors (Lipinski definition) is 0. The average molecular weight is 425 g/mol. The molecule has 1 fully saturated rings. The number of aryl methyl sites for hydroxylation is 3. The Morgan fingerprint density at radius 3 is 1.94 bits per heavy atom. The van der Waals surface area contributed by atoms with Crippen LogP contribution in [-0.4, -0.2) is 0 Å². The highest BCUT2D eigenvalue weighted by molar-refractivity contribution is 5.67. The molecule has 0 aliphatic heterocycles. The van der Waals surface area contributed by atoms with E-state index in [0.29, 0.717) is 5.92 Å². The van der Waals surface area contributed by atoms with E-state index in [2.05, 4.69) is 89.8 Å². The van der Waals surface area contributed by atoms with Gasteiger partial charge >= 0.3 is 0 Å². The lowest BCUT2D eigenvalue weighted by Crippen LogP contribution is -2.05. The average Bonchev–Trinajstić information content (AvgIpc) is 2.95. The summed E-state index contributed by atoms with van der Waals surface area (Å²) in [6, 6.07) is 13.4.